The maximum atomic E-state index is 12.8. The molecule has 188 valence electrons. The third-order valence-corrected chi connectivity index (χ3v) is 5.95. The molecule has 0 aromatic heterocycles. The predicted octanol–water partition coefficient (Wildman–Crippen LogP) is 4.81. The topological polar surface area (TPSA) is 92.3 Å². The minimum Gasteiger partial charge on any atom is -0.354 e. The lowest BCUT2D eigenvalue weighted by Gasteiger charge is -2.19. The van der Waals surface area contributed by atoms with Gasteiger partial charge in [0.2, 0.25) is 11.8 Å². The van der Waals surface area contributed by atoms with E-state index in [4.69, 9.17) is 0 Å². The smallest absolute Gasteiger partial charge is 0.242 e. The van der Waals surface area contributed by atoms with E-state index in [0.29, 0.717) is 44.2 Å². The molecule has 0 saturated carbocycles. The normalized spacial score (nSPS) is 11.5. The summed E-state index contributed by atoms with van der Waals surface area (Å²) in [7, 11) is 0. The highest BCUT2D eigenvalue weighted by atomic mass is 16.2. The fourth-order valence-corrected chi connectivity index (χ4v) is 3.84. The summed E-state index contributed by atoms with van der Waals surface area (Å²) in [6.07, 6.45) is 5.64. The number of Topliss-reactive ketones (excluding diaryl/α,β-unsaturated/α-hetero) is 2. The largest absolute Gasteiger partial charge is 0.354 e. The van der Waals surface area contributed by atoms with E-state index in [2.05, 4.69) is 10.6 Å². The van der Waals surface area contributed by atoms with Crippen LogP contribution in [0, 0.1) is 0 Å². The van der Waals surface area contributed by atoms with E-state index in [1.165, 1.54) is 0 Å². The minimum atomic E-state index is -0.620. The quantitative estimate of drug-likeness (QED) is 0.252. The van der Waals surface area contributed by atoms with Crippen LogP contribution in [0.4, 0.5) is 0 Å². The Morgan fingerprint density at radius 3 is 2.14 bits per heavy atom. The van der Waals surface area contributed by atoms with E-state index in [1.54, 1.807) is 12.1 Å². The van der Waals surface area contributed by atoms with E-state index in [-0.39, 0.29) is 36.2 Å². The molecule has 6 nitrogen and oxygen atoms in total. The van der Waals surface area contributed by atoms with Crippen LogP contribution in [0.5, 0.6) is 0 Å². The maximum Gasteiger partial charge on any atom is 0.242 e. The monoisotopic (exact) mass is 478 g/mol. The second kappa shape index (κ2) is 16.4. The van der Waals surface area contributed by atoms with E-state index < -0.39 is 6.04 Å². The number of nitrogens with one attached hydrogen (secondary N) is 2. The lowest BCUT2D eigenvalue weighted by molar-refractivity contribution is -0.129. The predicted molar refractivity (Wildman–Crippen MR) is 138 cm³/mol. The van der Waals surface area contributed by atoms with Crippen molar-refractivity contribution in [1.29, 1.82) is 0 Å². The van der Waals surface area contributed by atoms with Crippen LogP contribution in [0.1, 0.15) is 80.6 Å². The first-order valence-electron chi connectivity index (χ1n) is 12.7. The van der Waals surface area contributed by atoms with Gasteiger partial charge in [-0.05, 0) is 31.2 Å². The molecule has 0 unspecified atom stereocenters. The Labute approximate surface area is 208 Å². The highest BCUT2D eigenvalue weighted by Crippen LogP contribution is 2.10. The van der Waals surface area contributed by atoms with Crippen molar-refractivity contribution in [3.63, 3.8) is 0 Å². The molecule has 1 atom stereocenters. The number of hydrogen-bond donors (Lipinski definition) is 2. The summed E-state index contributed by atoms with van der Waals surface area (Å²) < 4.78 is 0. The molecule has 0 bridgehead atoms. The first-order chi connectivity index (χ1) is 17.0. The third kappa shape index (κ3) is 11.6. The van der Waals surface area contributed by atoms with E-state index >= 15 is 0 Å². The van der Waals surface area contributed by atoms with Crippen LogP contribution in [-0.2, 0) is 20.8 Å². The number of amides is 2. The molecule has 2 N–H and O–H groups in total. The second-order valence-electron chi connectivity index (χ2n) is 8.78. The van der Waals surface area contributed by atoms with Crippen molar-refractivity contribution in [2.75, 3.05) is 6.54 Å². The van der Waals surface area contributed by atoms with Crippen molar-refractivity contribution in [3.8, 4) is 0 Å². The zero-order chi connectivity index (χ0) is 25.3. The second-order valence-corrected chi connectivity index (χ2v) is 8.78. The van der Waals surface area contributed by atoms with Gasteiger partial charge in [-0.2, -0.15) is 0 Å². The molecule has 0 fully saturated rings. The van der Waals surface area contributed by atoms with E-state index in [0.717, 1.165) is 24.8 Å². The molecule has 6 heteroatoms. The molecular formula is C29H38N2O4. The zero-order valence-corrected chi connectivity index (χ0v) is 20.8. The lowest BCUT2D eigenvalue weighted by atomic mass is 10.0. The first-order valence-corrected chi connectivity index (χ1v) is 12.7. The van der Waals surface area contributed by atoms with Crippen LogP contribution < -0.4 is 10.6 Å². The zero-order valence-electron chi connectivity index (χ0n) is 20.8. The molecule has 0 aliphatic rings. The van der Waals surface area contributed by atoms with Gasteiger partial charge in [0.15, 0.2) is 5.78 Å². The Kier molecular flexibility index (Phi) is 13.1. The van der Waals surface area contributed by atoms with Gasteiger partial charge in [-0.25, -0.2) is 0 Å². The Balaban J connectivity index is 1.80. The maximum absolute atomic E-state index is 12.8. The van der Waals surface area contributed by atoms with Gasteiger partial charge in [-0.15, -0.1) is 0 Å². The highest BCUT2D eigenvalue weighted by Gasteiger charge is 2.20. The molecule has 0 aliphatic carbocycles. The molecule has 35 heavy (non-hydrogen) atoms. The van der Waals surface area contributed by atoms with E-state index in [1.807, 2.05) is 55.5 Å². The lowest BCUT2D eigenvalue weighted by Crippen LogP contribution is -2.47. The van der Waals surface area contributed by atoms with Gasteiger partial charge in [0.1, 0.15) is 11.8 Å². The number of hydrogen-bond acceptors (Lipinski definition) is 4. The van der Waals surface area contributed by atoms with Gasteiger partial charge in [0.05, 0.1) is 0 Å². The van der Waals surface area contributed by atoms with Crippen LogP contribution in [0.2, 0.25) is 0 Å². The molecule has 0 spiro atoms. The van der Waals surface area contributed by atoms with Crippen molar-refractivity contribution in [2.24, 2.45) is 0 Å². The number of benzene rings is 2. The number of unbranched alkanes of at least 4 members (excludes halogenated alkanes) is 2. The van der Waals surface area contributed by atoms with Crippen LogP contribution >= 0.6 is 0 Å². The fourth-order valence-electron chi connectivity index (χ4n) is 3.84. The summed E-state index contributed by atoms with van der Waals surface area (Å²) in [5, 5.41) is 5.80. The highest BCUT2D eigenvalue weighted by molar-refractivity contribution is 5.96. The minimum absolute atomic E-state index is 0.00947. The third-order valence-electron chi connectivity index (χ3n) is 5.95. The Morgan fingerprint density at radius 1 is 0.771 bits per heavy atom. The molecule has 0 heterocycles. The van der Waals surface area contributed by atoms with Crippen molar-refractivity contribution in [3.05, 3.63) is 71.8 Å². The Bertz CT molecular complexity index is 928. The molecule has 2 aromatic carbocycles. The number of carbonyl (C=O) groups excluding carboxylic acids is 4. The van der Waals surface area contributed by atoms with Gasteiger partial charge < -0.3 is 10.6 Å². The van der Waals surface area contributed by atoms with Crippen LogP contribution in [-0.4, -0.2) is 36.0 Å². The SMILES string of the molecule is CCC(=O)CCCCC[C@H](NC(=O)CCCC(=O)c1ccccc1)C(=O)NCCc1ccccc1. The van der Waals surface area contributed by atoms with Crippen molar-refractivity contribution >= 4 is 23.4 Å². The van der Waals surface area contributed by atoms with Crippen molar-refractivity contribution in [1.82, 2.24) is 10.6 Å². The van der Waals surface area contributed by atoms with Gasteiger partial charge in [0.25, 0.3) is 0 Å². The summed E-state index contributed by atoms with van der Waals surface area (Å²) >= 11 is 0. The molecule has 2 amide bonds. The summed E-state index contributed by atoms with van der Waals surface area (Å²) in [6, 6.07) is 18.3. The average Bonchev–Trinajstić information content (AvgIpc) is 2.88. The molecular weight excluding hydrogens is 440 g/mol. The van der Waals surface area contributed by atoms with Crippen LogP contribution in [0.25, 0.3) is 0 Å². The first kappa shape index (κ1) is 28.0. The number of carbonyl (C=O) groups is 4. The summed E-state index contributed by atoms with van der Waals surface area (Å²) in [5.74, 6) is -0.164. The number of rotatable bonds is 17. The molecule has 2 aromatic rings. The van der Waals surface area contributed by atoms with Gasteiger partial charge in [-0.3, -0.25) is 19.2 Å². The average molecular weight is 479 g/mol. The van der Waals surface area contributed by atoms with Crippen molar-refractivity contribution in [2.45, 2.75) is 77.2 Å². The Hall–Kier alpha value is -3.28. The molecule has 2 rings (SSSR count). The summed E-state index contributed by atoms with van der Waals surface area (Å²) in [5.41, 5.74) is 1.78. The van der Waals surface area contributed by atoms with Gasteiger partial charge >= 0.3 is 0 Å². The molecule has 0 aliphatic heterocycles. The molecule has 0 saturated heterocycles. The summed E-state index contributed by atoms with van der Waals surface area (Å²) in [6.45, 7) is 2.35. The van der Waals surface area contributed by atoms with Crippen LogP contribution in [0.3, 0.4) is 0 Å². The number of ketones is 2. The molecule has 0 radical (unpaired) electrons. The van der Waals surface area contributed by atoms with E-state index in [9.17, 15) is 19.2 Å². The standard InChI is InChI=1S/C29H38N2O4/c1-2-25(32)17-10-5-11-18-26(29(35)30-22-21-23-13-6-3-7-14-23)31-28(34)20-12-19-27(33)24-15-8-4-9-16-24/h3-4,6-9,13-16,26H,2,5,10-12,17-22H2,1H3,(H,30,35)(H,31,34)/t26-/m0/s1. The van der Waals surface area contributed by atoms with Gasteiger partial charge in [-0.1, -0.05) is 80.4 Å². The van der Waals surface area contributed by atoms with Gasteiger partial charge in [0, 0.05) is 37.8 Å². The Morgan fingerprint density at radius 2 is 1.46 bits per heavy atom. The van der Waals surface area contributed by atoms with Crippen molar-refractivity contribution < 1.29 is 19.2 Å². The van der Waals surface area contributed by atoms with Crippen LogP contribution in [0.15, 0.2) is 60.7 Å². The summed E-state index contributed by atoms with van der Waals surface area (Å²) in [4.78, 5) is 49.1. The fraction of sp³-hybridized carbons (Fsp3) is 0.448.